The highest BCUT2D eigenvalue weighted by atomic mass is 16.5. The SMILES string of the molecule is Cc1c([C@H]2OCC[C@@H]2C(=O)N2Cc3ccccc3C3(CC3)C2)cnn1C. The van der Waals surface area contributed by atoms with Gasteiger partial charge in [-0.3, -0.25) is 9.48 Å². The molecule has 5 heteroatoms. The summed E-state index contributed by atoms with van der Waals surface area (Å²) in [5, 5.41) is 4.34. The van der Waals surface area contributed by atoms with E-state index in [0.29, 0.717) is 6.61 Å². The number of carbonyl (C=O) groups is 1. The molecule has 1 saturated carbocycles. The highest BCUT2D eigenvalue weighted by Crippen LogP contribution is 2.52. The third-order valence-corrected chi connectivity index (χ3v) is 6.60. The number of aryl methyl sites for hydroxylation is 1. The number of hydrogen-bond donors (Lipinski definition) is 0. The van der Waals surface area contributed by atoms with Crippen LogP contribution >= 0.6 is 0 Å². The standard InChI is InChI=1S/C21H25N3O2/c1-14-17(11-22-23(14)2)19-16(7-10-26-19)20(25)24-12-15-5-3-4-6-18(15)21(13-24)8-9-21/h3-6,11,16,19H,7-10,12-13H2,1-2H3/t16-,19-/m0/s1. The quantitative estimate of drug-likeness (QED) is 0.836. The molecule has 0 radical (unpaired) electrons. The van der Waals surface area contributed by atoms with Gasteiger partial charge in [0.15, 0.2) is 0 Å². The monoisotopic (exact) mass is 351 g/mol. The summed E-state index contributed by atoms with van der Waals surface area (Å²) in [7, 11) is 1.93. The minimum atomic E-state index is -0.163. The smallest absolute Gasteiger partial charge is 0.229 e. The van der Waals surface area contributed by atoms with Crippen molar-refractivity contribution >= 4 is 5.91 Å². The first-order valence-electron chi connectivity index (χ1n) is 9.56. The van der Waals surface area contributed by atoms with Crippen molar-refractivity contribution in [2.45, 2.75) is 44.2 Å². The van der Waals surface area contributed by atoms with Crippen LogP contribution in [0.4, 0.5) is 0 Å². The molecule has 1 saturated heterocycles. The van der Waals surface area contributed by atoms with E-state index in [2.05, 4.69) is 34.3 Å². The number of amides is 1. The van der Waals surface area contributed by atoms with E-state index in [9.17, 15) is 4.79 Å². The molecule has 1 aromatic heterocycles. The molecule has 5 rings (SSSR count). The van der Waals surface area contributed by atoms with Crippen LogP contribution in [0, 0.1) is 12.8 Å². The molecule has 3 heterocycles. The number of ether oxygens (including phenoxy) is 1. The molecule has 3 aliphatic rings. The van der Waals surface area contributed by atoms with Crippen molar-refractivity contribution in [1.29, 1.82) is 0 Å². The average molecular weight is 351 g/mol. The molecule has 2 aliphatic heterocycles. The third-order valence-electron chi connectivity index (χ3n) is 6.60. The first kappa shape index (κ1) is 16.1. The molecule has 0 N–H and O–H groups in total. The molecule has 1 spiro atoms. The molecule has 1 aliphatic carbocycles. The van der Waals surface area contributed by atoms with E-state index in [1.807, 2.05) is 24.9 Å². The molecule has 0 bridgehead atoms. The van der Waals surface area contributed by atoms with Gasteiger partial charge in [0, 0.05) is 43.4 Å². The minimum absolute atomic E-state index is 0.0982. The van der Waals surface area contributed by atoms with Crippen LogP contribution in [0.25, 0.3) is 0 Å². The second-order valence-corrected chi connectivity index (χ2v) is 8.13. The Bertz CT molecular complexity index is 868. The Morgan fingerprint density at radius 1 is 1.31 bits per heavy atom. The lowest BCUT2D eigenvalue weighted by molar-refractivity contribution is -0.139. The van der Waals surface area contributed by atoms with Gasteiger partial charge in [0.1, 0.15) is 0 Å². The Labute approximate surface area is 153 Å². The predicted molar refractivity (Wildman–Crippen MR) is 97.5 cm³/mol. The lowest BCUT2D eigenvalue weighted by Gasteiger charge is -2.37. The summed E-state index contributed by atoms with van der Waals surface area (Å²) in [6, 6.07) is 8.65. The maximum atomic E-state index is 13.4. The molecule has 1 aromatic carbocycles. The Morgan fingerprint density at radius 2 is 2.12 bits per heavy atom. The highest BCUT2D eigenvalue weighted by molar-refractivity contribution is 5.80. The maximum absolute atomic E-state index is 13.4. The summed E-state index contributed by atoms with van der Waals surface area (Å²) in [4.78, 5) is 15.5. The first-order chi connectivity index (χ1) is 12.6. The zero-order valence-electron chi connectivity index (χ0n) is 15.4. The fourth-order valence-corrected chi connectivity index (χ4v) is 4.80. The van der Waals surface area contributed by atoms with Crippen LogP contribution in [-0.2, 0) is 28.5 Å². The van der Waals surface area contributed by atoms with Crippen molar-refractivity contribution in [3.63, 3.8) is 0 Å². The van der Waals surface area contributed by atoms with Crippen molar-refractivity contribution in [2.24, 2.45) is 13.0 Å². The third kappa shape index (κ3) is 2.33. The van der Waals surface area contributed by atoms with Gasteiger partial charge in [-0.05, 0) is 37.3 Å². The number of carbonyl (C=O) groups excluding carboxylic acids is 1. The Kier molecular flexibility index (Phi) is 3.51. The Hall–Kier alpha value is -2.14. The lowest BCUT2D eigenvalue weighted by Crippen LogP contribution is -2.44. The van der Waals surface area contributed by atoms with Crippen molar-refractivity contribution in [1.82, 2.24) is 14.7 Å². The topological polar surface area (TPSA) is 47.4 Å². The van der Waals surface area contributed by atoms with Gasteiger partial charge in [-0.2, -0.15) is 5.10 Å². The Morgan fingerprint density at radius 3 is 2.85 bits per heavy atom. The normalized spacial score (nSPS) is 26.2. The van der Waals surface area contributed by atoms with Gasteiger partial charge in [0.05, 0.1) is 18.2 Å². The van der Waals surface area contributed by atoms with Crippen LogP contribution in [0.15, 0.2) is 30.5 Å². The number of rotatable bonds is 2. The first-order valence-corrected chi connectivity index (χ1v) is 9.56. The van der Waals surface area contributed by atoms with Crippen LogP contribution in [0.3, 0.4) is 0 Å². The van der Waals surface area contributed by atoms with Crippen LogP contribution in [0.5, 0.6) is 0 Å². The van der Waals surface area contributed by atoms with E-state index in [1.165, 1.54) is 24.0 Å². The molecule has 0 unspecified atom stereocenters. The van der Waals surface area contributed by atoms with Gasteiger partial charge in [-0.15, -0.1) is 0 Å². The van der Waals surface area contributed by atoms with Crippen molar-refractivity contribution < 1.29 is 9.53 Å². The van der Waals surface area contributed by atoms with Gasteiger partial charge in [0.2, 0.25) is 5.91 Å². The van der Waals surface area contributed by atoms with Gasteiger partial charge in [-0.1, -0.05) is 24.3 Å². The van der Waals surface area contributed by atoms with Gasteiger partial charge < -0.3 is 9.64 Å². The van der Waals surface area contributed by atoms with Crippen LogP contribution in [0.2, 0.25) is 0 Å². The highest BCUT2D eigenvalue weighted by Gasteiger charge is 2.51. The number of benzene rings is 1. The molecule has 136 valence electrons. The second kappa shape index (κ2) is 5.68. The average Bonchev–Trinajstić information content (AvgIpc) is 3.10. The van der Waals surface area contributed by atoms with Crippen molar-refractivity contribution in [3.05, 3.63) is 52.8 Å². The molecule has 2 atom stereocenters. The van der Waals surface area contributed by atoms with E-state index in [1.54, 1.807) is 0 Å². The lowest BCUT2D eigenvalue weighted by atomic mass is 9.85. The van der Waals surface area contributed by atoms with E-state index < -0.39 is 0 Å². The predicted octanol–water partition coefficient (Wildman–Crippen LogP) is 2.88. The van der Waals surface area contributed by atoms with E-state index in [4.69, 9.17) is 4.74 Å². The van der Waals surface area contributed by atoms with E-state index >= 15 is 0 Å². The molecule has 1 amide bonds. The fourth-order valence-electron chi connectivity index (χ4n) is 4.80. The van der Waals surface area contributed by atoms with Crippen LogP contribution in [-0.4, -0.2) is 33.7 Å². The summed E-state index contributed by atoms with van der Waals surface area (Å²) in [6.45, 7) is 4.27. The van der Waals surface area contributed by atoms with E-state index in [0.717, 1.165) is 30.8 Å². The van der Waals surface area contributed by atoms with Gasteiger partial charge >= 0.3 is 0 Å². The summed E-state index contributed by atoms with van der Waals surface area (Å²) in [5.74, 6) is 0.149. The summed E-state index contributed by atoms with van der Waals surface area (Å²) in [6.07, 6.45) is 4.88. The molecule has 26 heavy (non-hydrogen) atoms. The largest absolute Gasteiger partial charge is 0.373 e. The van der Waals surface area contributed by atoms with Crippen molar-refractivity contribution in [2.75, 3.05) is 13.2 Å². The summed E-state index contributed by atoms with van der Waals surface area (Å²) < 4.78 is 7.85. The number of nitrogens with zero attached hydrogens (tertiary/aromatic N) is 3. The number of fused-ring (bicyclic) bond motifs is 2. The number of hydrogen-bond acceptors (Lipinski definition) is 3. The molecular formula is C21H25N3O2. The Balaban J connectivity index is 1.42. The number of aromatic nitrogens is 2. The summed E-state index contributed by atoms with van der Waals surface area (Å²) >= 11 is 0. The van der Waals surface area contributed by atoms with Crippen LogP contribution < -0.4 is 0 Å². The molecule has 5 nitrogen and oxygen atoms in total. The molecule has 2 aromatic rings. The second-order valence-electron chi connectivity index (χ2n) is 8.13. The van der Waals surface area contributed by atoms with E-state index in [-0.39, 0.29) is 23.3 Å². The fraction of sp³-hybridized carbons (Fsp3) is 0.524. The maximum Gasteiger partial charge on any atom is 0.229 e. The molecular weight excluding hydrogens is 326 g/mol. The van der Waals surface area contributed by atoms with Crippen molar-refractivity contribution in [3.8, 4) is 0 Å². The zero-order valence-corrected chi connectivity index (χ0v) is 15.4. The zero-order chi connectivity index (χ0) is 17.9. The summed E-state index contributed by atoms with van der Waals surface area (Å²) in [5.41, 5.74) is 5.13. The molecule has 2 fully saturated rings. The van der Waals surface area contributed by atoms with Gasteiger partial charge in [0.25, 0.3) is 0 Å². The van der Waals surface area contributed by atoms with Gasteiger partial charge in [-0.25, -0.2) is 0 Å². The van der Waals surface area contributed by atoms with Crippen LogP contribution in [0.1, 0.15) is 47.8 Å². The minimum Gasteiger partial charge on any atom is -0.373 e.